The van der Waals surface area contributed by atoms with Crippen molar-refractivity contribution in [2.75, 3.05) is 25.3 Å². The van der Waals surface area contributed by atoms with Gasteiger partial charge >= 0.3 is 0 Å². The Morgan fingerprint density at radius 1 is 1.17 bits per heavy atom. The second kappa shape index (κ2) is 7.60. The maximum atomic E-state index is 12.2. The van der Waals surface area contributed by atoms with Crippen LogP contribution in [0.1, 0.15) is 0 Å². The maximum Gasteiger partial charge on any atom is 0.240 e. The molecule has 1 aromatic carbocycles. The fraction of sp³-hybridized carbons (Fsp3) is 0.214. The topological polar surface area (TPSA) is 81.7 Å². The molecule has 2 aromatic rings. The van der Waals surface area contributed by atoms with E-state index in [0.717, 1.165) is 11.3 Å². The van der Waals surface area contributed by atoms with Crippen molar-refractivity contribution in [1.29, 1.82) is 0 Å². The molecule has 0 aliphatic heterocycles. The summed E-state index contributed by atoms with van der Waals surface area (Å²) in [4.78, 5) is 12.1. The molecule has 24 heavy (non-hydrogen) atoms. The molecule has 0 fully saturated rings. The van der Waals surface area contributed by atoms with Crippen LogP contribution in [0.2, 0.25) is 9.36 Å². The second-order valence-electron chi connectivity index (χ2n) is 4.55. The Labute approximate surface area is 153 Å². The average Bonchev–Trinajstić information content (AvgIpc) is 2.94. The summed E-state index contributed by atoms with van der Waals surface area (Å²) >= 11 is 12.6. The summed E-state index contributed by atoms with van der Waals surface area (Å²) in [5.41, 5.74) is 0.243. The fourth-order valence-corrected chi connectivity index (χ4v) is 4.80. The Balaban J connectivity index is 2.19. The lowest BCUT2D eigenvalue weighted by Crippen LogP contribution is -2.22. The Kier molecular flexibility index (Phi) is 5.97. The van der Waals surface area contributed by atoms with Crippen LogP contribution >= 0.6 is 34.5 Å². The van der Waals surface area contributed by atoms with Gasteiger partial charge in [-0.2, -0.15) is 0 Å². The molecular weight excluding hydrogens is 397 g/mol. The molecule has 2 rings (SSSR count). The number of amides is 1. The molecule has 1 N–H and O–H groups in total. The van der Waals surface area contributed by atoms with Crippen molar-refractivity contribution < 1.29 is 22.7 Å². The predicted molar refractivity (Wildman–Crippen MR) is 94.6 cm³/mol. The van der Waals surface area contributed by atoms with Gasteiger partial charge in [-0.3, -0.25) is 4.79 Å². The number of ether oxygens (including phenoxy) is 2. The van der Waals surface area contributed by atoms with E-state index in [1.54, 1.807) is 0 Å². The zero-order valence-corrected chi connectivity index (χ0v) is 15.8. The smallest absolute Gasteiger partial charge is 0.240 e. The number of hydrogen-bond acceptors (Lipinski definition) is 6. The molecule has 10 heteroatoms. The van der Waals surface area contributed by atoms with Gasteiger partial charge in [0.25, 0.3) is 0 Å². The number of hydrogen-bond donors (Lipinski definition) is 1. The first-order chi connectivity index (χ1) is 11.3. The number of carbonyl (C=O) groups is 1. The highest BCUT2D eigenvalue weighted by atomic mass is 35.5. The number of benzene rings is 1. The minimum atomic E-state index is -3.78. The van der Waals surface area contributed by atoms with Gasteiger partial charge < -0.3 is 14.8 Å². The average molecular weight is 410 g/mol. The van der Waals surface area contributed by atoms with E-state index in [1.807, 2.05) is 0 Å². The summed E-state index contributed by atoms with van der Waals surface area (Å²) in [5.74, 6) is -0.788. The molecule has 0 atom stereocenters. The van der Waals surface area contributed by atoms with Gasteiger partial charge in [-0.15, -0.1) is 11.3 Å². The lowest BCUT2D eigenvalue weighted by atomic mass is 10.2. The van der Waals surface area contributed by atoms with Crippen LogP contribution in [-0.4, -0.2) is 34.3 Å². The number of rotatable bonds is 6. The van der Waals surface area contributed by atoms with Crippen molar-refractivity contribution in [3.05, 3.63) is 33.6 Å². The first-order valence-electron chi connectivity index (χ1n) is 6.46. The number of thiophene rings is 1. The second-order valence-corrected chi connectivity index (χ2v) is 8.89. The van der Waals surface area contributed by atoms with Crippen molar-refractivity contribution in [2.45, 2.75) is 4.21 Å². The molecule has 6 nitrogen and oxygen atoms in total. The van der Waals surface area contributed by atoms with E-state index in [9.17, 15) is 13.2 Å². The van der Waals surface area contributed by atoms with Gasteiger partial charge in [-0.1, -0.05) is 23.2 Å². The van der Waals surface area contributed by atoms with Crippen LogP contribution in [0.3, 0.4) is 0 Å². The van der Waals surface area contributed by atoms with Crippen molar-refractivity contribution in [2.24, 2.45) is 0 Å². The van der Waals surface area contributed by atoms with Crippen molar-refractivity contribution in [3.8, 4) is 11.5 Å². The summed E-state index contributed by atoms with van der Waals surface area (Å²) in [6.07, 6.45) is 0. The standard InChI is InChI=1S/C14H13Cl2NO5S2/c1-21-10-6-11(22-2)9(5-8(10)15)17-13(18)7-24(19,20)14-4-3-12(16)23-14/h3-6H,7H2,1-2H3,(H,17,18). The third kappa shape index (κ3) is 4.32. The fourth-order valence-electron chi connectivity index (χ4n) is 1.85. The van der Waals surface area contributed by atoms with Crippen LogP contribution in [-0.2, 0) is 14.6 Å². The SMILES string of the molecule is COc1cc(OC)c(NC(=O)CS(=O)(=O)c2ccc(Cl)s2)cc1Cl. The molecule has 0 unspecified atom stereocenters. The summed E-state index contributed by atoms with van der Waals surface area (Å²) < 4.78 is 34.9. The Morgan fingerprint density at radius 3 is 2.38 bits per heavy atom. The van der Waals surface area contributed by atoms with Crippen LogP contribution in [0.4, 0.5) is 5.69 Å². The van der Waals surface area contributed by atoms with Crippen molar-refractivity contribution in [1.82, 2.24) is 0 Å². The first-order valence-corrected chi connectivity index (χ1v) is 9.68. The molecule has 0 aliphatic carbocycles. The Bertz CT molecular complexity index is 864. The molecule has 0 spiro atoms. The lowest BCUT2D eigenvalue weighted by Gasteiger charge is -2.13. The highest BCUT2D eigenvalue weighted by Crippen LogP contribution is 2.36. The molecule has 0 radical (unpaired) electrons. The number of halogens is 2. The highest BCUT2D eigenvalue weighted by molar-refractivity contribution is 7.94. The van der Waals surface area contributed by atoms with E-state index < -0.39 is 21.5 Å². The zero-order chi connectivity index (χ0) is 17.9. The van der Waals surface area contributed by atoms with Gasteiger partial charge in [0, 0.05) is 6.07 Å². The van der Waals surface area contributed by atoms with Crippen molar-refractivity contribution in [3.63, 3.8) is 0 Å². The van der Waals surface area contributed by atoms with Crippen LogP contribution in [0.15, 0.2) is 28.5 Å². The number of anilines is 1. The molecule has 0 saturated heterocycles. The number of methoxy groups -OCH3 is 2. The molecule has 1 aromatic heterocycles. The van der Waals surface area contributed by atoms with Gasteiger partial charge in [0.15, 0.2) is 9.84 Å². The summed E-state index contributed by atoms with van der Waals surface area (Å²) in [6, 6.07) is 5.74. The van der Waals surface area contributed by atoms with Crippen LogP contribution < -0.4 is 14.8 Å². The van der Waals surface area contributed by atoms with E-state index >= 15 is 0 Å². The molecule has 1 heterocycles. The van der Waals surface area contributed by atoms with Crippen LogP contribution in [0.25, 0.3) is 0 Å². The van der Waals surface area contributed by atoms with Crippen molar-refractivity contribution >= 4 is 56.0 Å². The molecule has 0 bridgehead atoms. The highest BCUT2D eigenvalue weighted by Gasteiger charge is 2.22. The van der Waals surface area contributed by atoms with Gasteiger partial charge in [0.1, 0.15) is 21.5 Å². The largest absolute Gasteiger partial charge is 0.495 e. The number of carbonyl (C=O) groups excluding carboxylic acids is 1. The number of sulfone groups is 1. The van der Waals surface area contributed by atoms with Gasteiger partial charge in [-0.05, 0) is 18.2 Å². The molecular formula is C14H13Cl2NO5S2. The van der Waals surface area contributed by atoms with Crippen LogP contribution in [0.5, 0.6) is 11.5 Å². The number of nitrogens with one attached hydrogen (secondary N) is 1. The molecule has 0 saturated carbocycles. The quantitative estimate of drug-likeness (QED) is 0.789. The summed E-state index contributed by atoms with van der Waals surface area (Å²) in [7, 11) is -0.930. The van der Waals surface area contributed by atoms with Gasteiger partial charge in [-0.25, -0.2) is 8.42 Å². The van der Waals surface area contributed by atoms with E-state index in [2.05, 4.69) is 5.32 Å². The van der Waals surface area contributed by atoms with Crippen LogP contribution in [0, 0.1) is 0 Å². The minimum absolute atomic E-state index is 0.0300. The van der Waals surface area contributed by atoms with E-state index in [1.165, 1.54) is 38.5 Å². The monoisotopic (exact) mass is 409 g/mol. The third-order valence-electron chi connectivity index (χ3n) is 2.92. The van der Waals surface area contributed by atoms with E-state index in [4.69, 9.17) is 32.7 Å². The molecule has 1 amide bonds. The minimum Gasteiger partial charge on any atom is -0.495 e. The normalized spacial score (nSPS) is 11.2. The van der Waals surface area contributed by atoms with E-state index in [0.29, 0.717) is 15.8 Å². The molecule has 130 valence electrons. The first kappa shape index (κ1) is 18.9. The zero-order valence-electron chi connectivity index (χ0n) is 12.6. The summed E-state index contributed by atoms with van der Waals surface area (Å²) in [5, 5.41) is 2.73. The lowest BCUT2D eigenvalue weighted by molar-refractivity contribution is -0.113. The summed E-state index contributed by atoms with van der Waals surface area (Å²) in [6.45, 7) is 0. The third-order valence-corrected chi connectivity index (χ3v) is 6.65. The maximum absolute atomic E-state index is 12.2. The Hall–Kier alpha value is -1.48. The molecule has 0 aliphatic rings. The van der Waals surface area contributed by atoms with Gasteiger partial charge in [0.2, 0.25) is 5.91 Å². The van der Waals surface area contributed by atoms with E-state index in [-0.39, 0.29) is 14.9 Å². The predicted octanol–water partition coefficient (Wildman–Crippen LogP) is 3.48. The van der Waals surface area contributed by atoms with Gasteiger partial charge in [0.05, 0.1) is 29.3 Å². The Morgan fingerprint density at radius 2 is 1.83 bits per heavy atom.